The summed E-state index contributed by atoms with van der Waals surface area (Å²) in [6, 6.07) is 10.5. The summed E-state index contributed by atoms with van der Waals surface area (Å²) in [5, 5.41) is 12.6. The van der Waals surface area contributed by atoms with Crippen molar-refractivity contribution in [2.24, 2.45) is 11.3 Å². The maximum Gasteiger partial charge on any atom is 0.337 e. The van der Waals surface area contributed by atoms with Crippen LogP contribution in [0.5, 0.6) is 0 Å². The van der Waals surface area contributed by atoms with Crippen molar-refractivity contribution >= 4 is 80.3 Å². The molecule has 0 aromatic heterocycles. The van der Waals surface area contributed by atoms with Crippen LogP contribution in [-0.4, -0.2) is 23.5 Å². The number of carbonyl (C=O) groups is 2. The van der Waals surface area contributed by atoms with Crippen molar-refractivity contribution in [3.63, 3.8) is 0 Å². The molecular weight excluding hydrogens is 687 g/mol. The number of benzene rings is 2. The molecule has 8 heteroatoms. The molecule has 2 aliphatic carbocycles. The van der Waals surface area contributed by atoms with Crippen molar-refractivity contribution in [3.05, 3.63) is 72.1 Å². The van der Waals surface area contributed by atoms with Gasteiger partial charge in [0.2, 0.25) is 0 Å². The zero-order valence-electron chi connectivity index (χ0n) is 18.2. The van der Waals surface area contributed by atoms with Gasteiger partial charge in [-0.05, 0) is 112 Å². The van der Waals surface area contributed by atoms with E-state index >= 15 is 0 Å². The topological polar surface area (TPSA) is 66.4 Å². The highest BCUT2D eigenvalue weighted by Gasteiger charge is 2.39. The number of halogens is 4. The molecule has 2 fully saturated rings. The number of rotatable bonds is 4. The molecule has 0 spiro atoms. The van der Waals surface area contributed by atoms with Crippen LogP contribution >= 0.6 is 68.4 Å². The summed E-state index contributed by atoms with van der Waals surface area (Å²) in [7, 11) is 0. The summed E-state index contributed by atoms with van der Waals surface area (Å²) in [6.07, 6.45) is 9.26. The van der Waals surface area contributed by atoms with E-state index in [1.807, 2.05) is 34.7 Å². The second-order valence-corrected chi connectivity index (χ2v) is 11.9. The minimum Gasteiger partial charge on any atom is -0.478 e. The van der Waals surface area contributed by atoms with E-state index in [1.165, 1.54) is 51.0 Å². The fraction of sp³-hybridized carbons (Fsp3) is 0.400. The Labute approximate surface area is 233 Å². The molecule has 4 rings (SSSR count). The largest absolute Gasteiger partial charge is 0.478 e. The normalized spacial score (nSPS) is 21.2. The van der Waals surface area contributed by atoms with E-state index in [4.69, 9.17) is 28.3 Å². The van der Waals surface area contributed by atoms with Crippen LogP contribution in [-0.2, 0) is 0 Å². The van der Waals surface area contributed by atoms with Gasteiger partial charge in [-0.15, -0.1) is 0 Å². The van der Waals surface area contributed by atoms with Crippen LogP contribution in [0.4, 0.5) is 0 Å². The van der Waals surface area contributed by atoms with Crippen LogP contribution in [0.3, 0.4) is 0 Å². The summed E-state index contributed by atoms with van der Waals surface area (Å²) < 4.78 is 1.90. The van der Waals surface area contributed by atoms with E-state index in [9.17, 15) is 9.59 Å². The fourth-order valence-electron chi connectivity index (χ4n) is 4.77. The number of nitrogens with one attached hydrogen (secondary N) is 1. The average Bonchev–Trinajstić information content (AvgIpc) is 2.76. The number of carboxylic acids is 1. The Morgan fingerprint density at radius 2 is 1.48 bits per heavy atom. The third-order valence-electron chi connectivity index (χ3n) is 6.32. The second kappa shape index (κ2) is 12.9. The first-order chi connectivity index (χ1) is 15.2. The monoisotopic (exact) mass is 713 g/mol. The van der Waals surface area contributed by atoms with E-state index < -0.39 is 5.97 Å². The van der Waals surface area contributed by atoms with Crippen LogP contribution in [0.15, 0.2) is 36.4 Å². The number of carboxylic acid groups (broad SMARTS) is 1. The first kappa shape index (κ1) is 28.7. The molecule has 2 aromatic carbocycles. The molecule has 2 aliphatic rings. The summed E-state index contributed by atoms with van der Waals surface area (Å²) in [4.78, 5) is 22.9. The van der Waals surface area contributed by atoms with Gasteiger partial charge >= 0.3 is 5.97 Å². The zero-order valence-corrected chi connectivity index (χ0v) is 24.0. The van der Waals surface area contributed by atoms with Crippen LogP contribution in [0.2, 0.25) is 10.0 Å². The van der Waals surface area contributed by atoms with Crippen molar-refractivity contribution in [3.8, 4) is 0 Å². The number of fused-ring (bicyclic) bond motifs is 2. The lowest BCUT2D eigenvalue weighted by Crippen LogP contribution is -2.43. The highest BCUT2D eigenvalue weighted by molar-refractivity contribution is 14.1. The Kier molecular flexibility index (Phi) is 11.2. The maximum absolute atomic E-state index is 12.4. The van der Waals surface area contributed by atoms with Gasteiger partial charge in [-0.3, -0.25) is 4.79 Å². The lowest BCUT2D eigenvalue weighted by Gasteiger charge is -2.45. The molecule has 0 heterocycles. The lowest BCUT2D eigenvalue weighted by atomic mass is 9.62. The third-order valence-corrected chi connectivity index (χ3v) is 8.32. The number of aromatic carboxylic acids is 1. The minimum atomic E-state index is -0.992. The molecule has 2 bridgehead atoms. The number of hydrogen-bond acceptors (Lipinski definition) is 2. The smallest absolute Gasteiger partial charge is 0.337 e. The van der Waals surface area contributed by atoms with E-state index in [-0.39, 0.29) is 23.9 Å². The van der Waals surface area contributed by atoms with Gasteiger partial charge < -0.3 is 10.4 Å². The Hall–Kier alpha value is -0.580. The van der Waals surface area contributed by atoms with Crippen LogP contribution in [0.1, 0.15) is 65.7 Å². The Bertz CT molecular complexity index is 990. The Morgan fingerprint density at radius 3 is 2.00 bits per heavy atom. The minimum absolute atomic E-state index is 0. The van der Waals surface area contributed by atoms with Crippen LogP contribution < -0.4 is 5.32 Å². The predicted molar refractivity (Wildman–Crippen MR) is 151 cm³/mol. The van der Waals surface area contributed by atoms with E-state index in [0.717, 1.165) is 19.6 Å². The summed E-state index contributed by atoms with van der Waals surface area (Å²) in [5.74, 6) is -0.125. The molecule has 2 saturated carbocycles. The van der Waals surface area contributed by atoms with Gasteiger partial charge in [-0.2, -0.15) is 0 Å². The summed E-state index contributed by atoms with van der Waals surface area (Å²) >= 11 is 16.0. The molecule has 178 valence electrons. The maximum atomic E-state index is 12.4. The molecule has 0 aliphatic heterocycles. The standard InChI is InChI=1S/C17H21ClINO.C7H4ClIO2.CH2/c18-15-6-5-13(19)9-14(15)16(21)20-11-17-7-1-3-12(10-17)4-2-8-17;8-6-2-1-4(9)3-5(6)7(10)11;/h5-6,9,12H,1-4,7-8,10-11H2,(H,20,21);1-3H,(H,10,11);1H2. The average molecular weight is 714 g/mol. The van der Waals surface area contributed by atoms with Crippen LogP contribution in [0, 0.1) is 25.9 Å². The second-order valence-electron chi connectivity index (χ2n) is 8.59. The highest BCUT2D eigenvalue weighted by atomic mass is 127. The van der Waals surface area contributed by atoms with Gasteiger partial charge in [-0.25, -0.2) is 4.79 Å². The summed E-state index contributed by atoms with van der Waals surface area (Å²) in [5.41, 5.74) is 1.10. The Balaban J connectivity index is 0.000000274. The first-order valence-electron chi connectivity index (χ1n) is 10.6. The number of amides is 1. The van der Waals surface area contributed by atoms with Gasteiger partial charge in [0.1, 0.15) is 0 Å². The quantitative estimate of drug-likeness (QED) is 0.316. The zero-order chi connectivity index (χ0) is 23.3. The van der Waals surface area contributed by atoms with Gasteiger partial charge in [0.25, 0.3) is 5.91 Å². The summed E-state index contributed by atoms with van der Waals surface area (Å²) in [6.45, 7) is 0.810. The van der Waals surface area contributed by atoms with Crippen molar-refractivity contribution in [2.75, 3.05) is 6.54 Å². The van der Waals surface area contributed by atoms with E-state index in [0.29, 0.717) is 16.0 Å². The molecular formula is C25H27Cl2I2NO3. The van der Waals surface area contributed by atoms with Crippen molar-refractivity contribution in [1.29, 1.82) is 0 Å². The SMILES string of the molecule is O=C(NCC12CCCC(CCC1)C2)c1cc(I)ccc1Cl.O=C(O)c1cc(I)ccc1Cl.[CH2]. The third kappa shape index (κ3) is 7.97. The fourth-order valence-corrected chi connectivity index (χ4v) is 6.15. The van der Waals surface area contributed by atoms with Crippen molar-refractivity contribution in [2.45, 2.75) is 44.9 Å². The molecule has 2 radical (unpaired) electrons. The number of hydrogen-bond donors (Lipinski definition) is 2. The van der Waals surface area contributed by atoms with Gasteiger partial charge in [-0.1, -0.05) is 56.3 Å². The molecule has 4 nitrogen and oxygen atoms in total. The van der Waals surface area contributed by atoms with Gasteiger partial charge in [0, 0.05) is 13.7 Å². The Morgan fingerprint density at radius 1 is 0.970 bits per heavy atom. The molecule has 2 N–H and O–H groups in total. The van der Waals surface area contributed by atoms with Gasteiger partial charge in [0.05, 0.1) is 21.2 Å². The molecule has 1 amide bonds. The van der Waals surface area contributed by atoms with Crippen LogP contribution in [0.25, 0.3) is 0 Å². The molecule has 33 heavy (non-hydrogen) atoms. The highest BCUT2D eigenvalue weighted by Crippen LogP contribution is 2.48. The molecule has 0 atom stereocenters. The molecule has 0 saturated heterocycles. The number of carbonyl (C=O) groups excluding carboxylic acids is 1. The van der Waals surface area contributed by atoms with Crippen molar-refractivity contribution in [1.82, 2.24) is 5.32 Å². The molecule has 2 aromatic rings. The lowest BCUT2D eigenvalue weighted by molar-refractivity contribution is 0.0681. The van der Waals surface area contributed by atoms with E-state index in [2.05, 4.69) is 27.9 Å². The predicted octanol–water partition coefficient (Wildman–Crippen LogP) is 8.00. The van der Waals surface area contributed by atoms with Gasteiger partial charge in [0.15, 0.2) is 0 Å². The van der Waals surface area contributed by atoms with E-state index in [1.54, 1.807) is 18.2 Å². The first-order valence-corrected chi connectivity index (χ1v) is 13.5. The van der Waals surface area contributed by atoms with Crippen molar-refractivity contribution < 1.29 is 14.7 Å². The molecule has 0 unspecified atom stereocenters.